The van der Waals surface area contributed by atoms with Gasteiger partial charge in [-0.1, -0.05) is 30.8 Å². The third-order valence-electron chi connectivity index (χ3n) is 5.18. The third-order valence-corrected chi connectivity index (χ3v) is 5.18. The number of anilines is 1. The van der Waals surface area contributed by atoms with Crippen LogP contribution in [-0.4, -0.2) is 36.3 Å². The van der Waals surface area contributed by atoms with E-state index in [1.807, 2.05) is 48.5 Å². The number of nitrogens with one attached hydrogen (secondary N) is 1. The van der Waals surface area contributed by atoms with Crippen molar-refractivity contribution in [2.75, 3.05) is 19.1 Å². The van der Waals surface area contributed by atoms with Crippen LogP contribution in [0.5, 0.6) is 5.75 Å². The molecule has 0 fully saturated rings. The highest BCUT2D eigenvalue weighted by atomic mass is 16.5. The van der Waals surface area contributed by atoms with Crippen LogP contribution >= 0.6 is 0 Å². The van der Waals surface area contributed by atoms with Crippen molar-refractivity contribution in [2.24, 2.45) is 0 Å². The quantitative estimate of drug-likeness (QED) is 0.745. The van der Waals surface area contributed by atoms with Crippen molar-refractivity contribution < 1.29 is 9.53 Å². The maximum Gasteiger partial charge on any atom is 0.249 e. The van der Waals surface area contributed by atoms with Gasteiger partial charge in [-0.25, -0.2) is 0 Å². The molecule has 1 amide bonds. The lowest BCUT2D eigenvalue weighted by Crippen LogP contribution is -2.43. The van der Waals surface area contributed by atoms with Crippen molar-refractivity contribution in [1.29, 1.82) is 0 Å². The maximum absolute atomic E-state index is 13.1. The van der Waals surface area contributed by atoms with Crippen LogP contribution in [0.4, 0.5) is 5.69 Å². The van der Waals surface area contributed by atoms with Crippen molar-refractivity contribution in [3.63, 3.8) is 0 Å². The van der Waals surface area contributed by atoms with Gasteiger partial charge in [0.1, 0.15) is 11.8 Å². The molecule has 0 bridgehead atoms. The summed E-state index contributed by atoms with van der Waals surface area (Å²) < 4.78 is 5.32. The van der Waals surface area contributed by atoms with Gasteiger partial charge in [0, 0.05) is 30.3 Å². The van der Waals surface area contributed by atoms with Crippen molar-refractivity contribution >= 4 is 17.3 Å². The predicted octanol–water partition coefficient (Wildman–Crippen LogP) is 3.30. The van der Waals surface area contributed by atoms with E-state index in [1.165, 1.54) is 0 Å². The second-order valence-electron chi connectivity index (χ2n) is 6.99. The van der Waals surface area contributed by atoms with Crippen molar-refractivity contribution in [3.8, 4) is 16.9 Å². The van der Waals surface area contributed by atoms with Crippen LogP contribution in [0.2, 0.25) is 0 Å². The van der Waals surface area contributed by atoms with Gasteiger partial charge in [0.25, 0.3) is 0 Å². The lowest BCUT2D eigenvalue weighted by Gasteiger charge is -2.21. The van der Waals surface area contributed by atoms with Crippen molar-refractivity contribution in [3.05, 3.63) is 78.6 Å². The smallest absolute Gasteiger partial charge is 0.249 e. The number of ether oxygens (including phenoxy) is 1. The summed E-state index contributed by atoms with van der Waals surface area (Å²) in [5.74, 6) is 0.727. The van der Waals surface area contributed by atoms with Gasteiger partial charge in [0.15, 0.2) is 0 Å². The normalized spacial score (nSPS) is 16.1. The summed E-state index contributed by atoms with van der Waals surface area (Å²) in [6, 6.07) is 15.3. The Kier molecular flexibility index (Phi) is 4.99. The Labute approximate surface area is 169 Å². The Bertz CT molecular complexity index is 1050. The maximum atomic E-state index is 13.1. The Morgan fingerprint density at radius 2 is 1.90 bits per heavy atom. The summed E-state index contributed by atoms with van der Waals surface area (Å²) in [5.41, 5.74) is 5.52. The van der Waals surface area contributed by atoms with E-state index in [4.69, 9.17) is 4.74 Å². The van der Waals surface area contributed by atoms with E-state index >= 15 is 0 Å². The van der Waals surface area contributed by atoms with E-state index in [0.29, 0.717) is 12.1 Å². The second-order valence-corrected chi connectivity index (χ2v) is 6.99. The Morgan fingerprint density at radius 1 is 1.10 bits per heavy atom. The molecular weight excluding hydrogens is 364 g/mol. The molecule has 1 atom stereocenters. The number of nitrogens with zero attached hydrogens (tertiary/aromatic N) is 3. The van der Waals surface area contributed by atoms with E-state index in [-0.39, 0.29) is 5.91 Å². The molecule has 1 aliphatic heterocycles. The SMILES string of the molecule is C=C1NC(Cc2ccc(-c3ccnnc3)cc2)C(=O)N(C)c2ccc(OC)cc21. The highest BCUT2D eigenvalue weighted by Gasteiger charge is 2.29. The average molecular weight is 386 g/mol. The summed E-state index contributed by atoms with van der Waals surface area (Å²) >= 11 is 0. The molecule has 0 spiro atoms. The Balaban J connectivity index is 1.57. The first-order valence-electron chi connectivity index (χ1n) is 9.34. The van der Waals surface area contributed by atoms with Crippen LogP contribution in [0.1, 0.15) is 11.1 Å². The molecule has 0 radical (unpaired) electrons. The van der Waals surface area contributed by atoms with Gasteiger partial charge in [0.2, 0.25) is 5.91 Å². The number of amides is 1. The Hall–Kier alpha value is -3.67. The van der Waals surface area contributed by atoms with Crippen LogP contribution in [0.3, 0.4) is 0 Å². The fourth-order valence-corrected chi connectivity index (χ4v) is 3.55. The summed E-state index contributed by atoms with van der Waals surface area (Å²) in [5, 5.41) is 11.0. The fraction of sp³-hybridized carbons (Fsp3) is 0.174. The summed E-state index contributed by atoms with van der Waals surface area (Å²) in [7, 11) is 3.42. The molecule has 2 aromatic carbocycles. The van der Waals surface area contributed by atoms with Gasteiger partial charge < -0.3 is 15.0 Å². The fourth-order valence-electron chi connectivity index (χ4n) is 3.55. The Morgan fingerprint density at radius 3 is 2.59 bits per heavy atom. The van der Waals surface area contributed by atoms with E-state index in [0.717, 1.165) is 33.7 Å². The molecule has 0 saturated heterocycles. The molecule has 146 valence electrons. The highest BCUT2D eigenvalue weighted by Crippen LogP contribution is 2.32. The van der Waals surface area contributed by atoms with Crippen molar-refractivity contribution in [2.45, 2.75) is 12.5 Å². The standard InChI is InChI=1S/C23H22N4O2/c1-15-20-13-19(29-3)8-9-22(20)27(2)23(28)21(26-15)12-16-4-6-17(7-5-16)18-10-11-24-25-14-18/h4-11,13-14,21,26H,1,12H2,2-3H3. The molecule has 29 heavy (non-hydrogen) atoms. The van der Waals surface area contributed by atoms with E-state index in [2.05, 4.69) is 22.1 Å². The van der Waals surface area contributed by atoms with Gasteiger partial charge >= 0.3 is 0 Å². The number of benzene rings is 2. The zero-order chi connectivity index (χ0) is 20.4. The lowest BCUT2D eigenvalue weighted by molar-refractivity contribution is -0.119. The number of fused-ring (bicyclic) bond motifs is 1. The first-order chi connectivity index (χ1) is 14.1. The van der Waals surface area contributed by atoms with Gasteiger partial charge in [-0.3, -0.25) is 4.79 Å². The number of carbonyl (C=O) groups excluding carboxylic acids is 1. The minimum Gasteiger partial charge on any atom is -0.497 e. The van der Waals surface area contributed by atoms with E-state index < -0.39 is 6.04 Å². The molecule has 1 N–H and O–H groups in total. The first-order valence-corrected chi connectivity index (χ1v) is 9.34. The second kappa shape index (κ2) is 7.75. The van der Waals surface area contributed by atoms with Crippen molar-refractivity contribution in [1.82, 2.24) is 15.5 Å². The molecule has 6 heteroatoms. The number of carbonyl (C=O) groups is 1. The van der Waals surface area contributed by atoms with Gasteiger partial charge in [-0.05, 0) is 35.4 Å². The van der Waals surface area contributed by atoms with E-state index in [1.54, 1.807) is 31.5 Å². The molecule has 2 heterocycles. The third kappa shape index (κ3) is 3.69. The van der Waals surface area contributed by atoms with Gasteiger partial charge in [-0.2, -0.15) is 10.2 Å². The zero-order valence-electron chi connectivity index (χ0n) is 16.4. The predicted molar refractivity (Wildman–Crippen MR) is 114 cm³/mol. The number of likely N-dealkylation sites (N-methyl/N-ethyl adjacent to an activating group) is 1. The summed E-state index contributed by atoms with van der Waals surface area (Å²) in [6.07, 6.45) is 3.96. The molecule has 4 rings (SSSR count). The van der Waals surface area contributed by atoms with E-state index in [9.17, 15) is 4.79 Å². The lowest BCUT2D eigenvalue weighted by atomic mass is 10.0. The molecule has 3 aromatic rings. The van der Waals surface area contributed by atoms with Crippen LogP contribution in [-0.2, 0) is 11.2 Å². The van der Waals surface area contributed by atoms with Crippen LogP contribution in [0.15, 0.2) is 67.5 Å². The molecule has 0 saturated carbocycles. The number of hydrogen-bond donors (Lipinski definition) is 1. The first kappa shape index (κ1) is 18.7. The van der Waals surface area contributed by atoms with Crippen LogP contribution in [0.25, 0.3) is 16.8 Å². The largest absolute Gasteiger partial charge is 0.497 e. The topological polar surface area (TPSA) is 67.4 Å². The molecule has 1 aliphatic rings. The summed E-state index contributed by atoms with van der Waals surface area (Å²) in [4.78, 5) is 14.8. The van der Waals surface area contributed by atoms with Crippen LogP contribution < -0.4 is 15.0 Å². The molecular formula is C23H22N4O2. The minimum atomic E-state index is -0.403. The van der Waals surface area contributed by atoms with Gasteiger partial charge in [-0.15, -0.1) is 0 Å². The average Bonchev–Trinajstić information content (AvgIpc) is 2.85. The number of rotatable bonds is 4. The van der Waals surface area contributed by atoms with Gasteiger partial charge in [0.05, 0.1) is 25.2 Å². The highest BCUT2D eigenvalue weighted by molar-refractivity contribution is 6.02. The van der Waals surface area contributed by atoms with Crippen LogP contribution in [0, 0.1) is 0 Å². The molecule has 6 nitrogen and oxygen atoms in total. The monoisotopic (exact) mass is 386 g/mol. The molecule has 1 aromatic heterocycles. The number of methoxy groups -OCH3 is 1. The number of aromatic nitrogens is 2. The molecule has 0 aliphatic carbocycles. The summed E-state index contributed by atoms with van der Waals surface area (Å²) in [6.45, 7) is 4.15. The zero-order valence-corrected chi connectivity index (χ0v) is 16.4. The minimum absolute atomic E-state index is 0.00234. The number of hydrogen-bond acceptors (Lipinski definition) is 5. The molecule has 1 unspecified atom stereocenters.